The van der Waals surface area contributed by atoms with Crippen LogP contribution in [-0.2, 0) is 4.74 Å². The van der Waals surface area contributed by atoms with Crippen LogP contribution in [0.1, 0.15) is 13.8 Å². The van der Waals surface area contributed by atoms with Gasteiger partial charge < -0.3 is 10.1 Å². The SMILES string of the molecule is [CH]NCCOC(C)C. The molecule has 0 amide bonds. The van der Waals surface area contributed by atoms with Gasteiger partial charge in [-0.3, -0.25) is 0 Å². The van der Waals surface area contributed by atoms with Crippen LogP contribution < -0.4 is 5.32 Å². The molecule has 1 N–H and O–H groups in total. The second kappa shape index (κ2) is 5.06. The van der Waals surface area contributed by atoms with Gasteiger partial charge in [0.2, 0.25) is 0 Å². The van der Waals surface area contributed by atoms with Crippen molar-refractivity contribution in [1.29, 1.82) is 0 Å². The monoisotopic (exact) mass is 115 g/mol. The molecule has 0 saturated heterocycles. The molecule has 0 unspecified atom stereocenters. The predicted molar refractivity (Wildman–Crippen MR) is 33.4 cm³/mol. The molecule has 0 aromatic carbocycles. The molecule has 0 aliphatic rings. The Hall–Kier alpha value is -0.0800. The third kappa shape index (κ3) is 5.92. The molecule has 0 bridgehead atoms. The van der Waals surface area contributed by atoms with Gasteiger partial charge in [0, 0.05) is 13.6 Å². The van der Waals surface area contributed by atoms with E-state index in [0.29, 0.717) is 12.7 Å². The fourth-order valence-corrected chi connectivity index (χ4v) is 0.354. The highest BCUT2D eigenvalue weighted by atomic mass is 16.5. The van der Waals surface area contributed by atoms with E-state index in [1.54, 1.807) is 0 Å². The lowest BCUT2D eigenvalue weighted by atomic mass is 10.5. The Morgan fingerprint density at radius 3 is 2.62 bits per heavy atom. The highest BCUT2D eigenvalue weighted by molar-refractivity contribution is 4.41. The first kappa shape index (κ1) is 7.92. The molecule has 0 fully saturated rings. The van der Waals surface area contributed by atoms with Gasteiger partial charge >= 0.3 is 0 Å². The zero-order valence-corrected chi connectivity index (χ0v) is 5.48. The average Bonchev–Trinajstić information content (AvgIpc) is 1.66. The minimum absolute atomic E-state index is 0.309. The van der Waals surface area contributed by atoms with Crippen molar-refractivity contribution in [3.63, 3.8) is 0 Å². The lowest BCUT2D eigenvalue weighted by Crippen LogP contribution is -2.15. The second-order valence-electron chi connectivity index (χ2n) is 1.87. The third-order valence-corrected chi connectivity index (χ3v) is 0.698. The Morgan fingerprint density at radius 1 is 1.62 bits per heavy atom. The third-order valence-electron chi connectivity index (χ3n) is 0.698. The van der Waals surface area contributed by atoms with E-state index in [4.69, 9.17) is 11.8 Å². The second-order valence-corrected chi connectivity index (χ2v) is 1.87. The summed E-state index contributed by atoms with van der Waals surface area (Å²) in [7, 11) is 4.98. The van der Waals surface area contributed by atoms with Crippen molar-refractivity contribution in [1.82, 2.24) is 5.32 Å². The zero-order valence-electron chi connectivity index (χ0n) is 5.48. The highest BCUT2D eigenvalue weighted by Crippen LogP contribution is 1.83. The van der Waals surface area contributed by atoms with Gasteiger partial charge in [-0.1, -0.05) is 0 Å². The van der Waals surface area contributed by atoms with E-state index in [-0.39, 0.29) is 0 Å². The molecule has 0 aromatic rings. The van der Waals surface area contributed by atoms with Crippen molar-refractivity contribution < 1.29 is 4.74 Å². The Bertz CT molecular complexity index is 45.8. The van der Waals surface area contributed by atoms with Crippen LogP contribution in [-0.4, -0.2) is 19.3 Å². The first-order chi connectivity index (χ1) is 3.77. The van der Waals surface area contributed by atoms with Crippen LogP contribution in [0.3, 0.4) is 0 Å². The molecule has 0 aromatic heterocycles. The van der Waals surface area contributed by atoms with E-state index in [0.717, 1.165) is 6.54 Å². The normalized spacial score (nSPS) is 10.5. The molecule has 0 aliphatic heterocycles. The number of ether oxygens (including phenoxy) is 1. The molecule has 0 rings (SSSR count). The molecule has 0 saturated carbocycles. The van der Waals surface area contributed by atoms with Crippen LogP contribution in [0.5, 0.6) is 0 Å². The standard InChI is InChI=1S/C6H13NO/c1-6(2)8-5-4-7-3/h3,6-7H,4-5H2,1-2H3. The summed E-state index contributed by atoms with van der Waals surface area (Å²) in [4.78, 5) is 0. The average molecular weight is 115 g/mol. The molecule has 2 heteroatoms. The minimum atomic E-state index is 0.309. The Kier molecular flexibility index (Phi) is 5.01. The van der Waals surface area contributed by atoms with Crippen molar-refractivity contribution in [3.8, 4) is 0 Å². The predicted octanol–water partition coefficient (Wildman–Crippen LogP) is 0.670. The molecule has 0 atom stereocenters. The topological polar surface area (TPSA) is 21.3 Å². The Morgan fingerprint density at radius 2 is 2.25 bits per heavy atom. The van der Waals surface area contributed by atoms with Crippen LogP contribution in [0.4, 0.5) is 0 Å². The van der Waals surface area contributed by atoms with E-state index in [1.807, 2.05) is 13.8 Å². The van der Waals surface area contributed by atoms with Crippen LogP contribution >= 0.6 is 0 Å². The molecule has 0 aliphatic carbocycles. The first-order valence-electron chi connectivity index (χ1n) is 2.82. The fourth-order valence-electron chi connectivity index (χ4n) is 0.354. The Labute approximate surface area is 51.2 Å². The first-order valence-corrected chi connectivity index (χ1v) is 2.82. The van der Waals surface area contributed by atoms with Gasteiger partial charge in [-0.05, 0) is 13.8 Å². The largest absolute Gasteiger partial charge is 0.377 e. The fraction of sp³-hybridized carbons (Fsp3) is 0.833. The van der Waals surface area contributed by atoms with Gasteiger partial charge in [0.25, 0.3) is 0 Å². The van der Waals surface area contributed by atoms with Gasteiger partial charge in [-0.15, -0.1) is 0 Å². The van der Waals surface area contributed by atoms with Crippen LogP contribution in [0.2, 0.25) is 0 Å². The molecule has 2 nitrogen and oxygen atoms in total. The molecule has 8 heavy (non-hydrogen) atoms. The van der Waals surface area contributed by atoms with Crippen molar-refractivity contribution in [3.05, 3.63) is 7.05 Å². The minimum Gasteiger partial charge on any atom is -0.377 e. The van der Waals surface area contributed by atoms with Crippen LogP contribution in [0.15, 0.2) is 0 Å². The lowest BCUT2D eigenvalue weighted by Gasteiger charge is -2.04. The maximum Gasteiger partial charge on any atom is 0.0594 e. The highest BCUT2D eigenvalue weighted by Gasteiger charge is 1.88. The number of rotatable bonds is 4. The summed E-state index contributed by atoms with van der Waals surface area (Å²) >= 11 is 0. The summed E-state index contributed by atoms with van der Waals surface area (Å²) in [6.45, 7) is 5.40. The number of hydrogen-bond donors (Lipinski definition) is 1. The summed E-state index contributed by atoms with van der Waals surface area (Å²) in [6, 6.07) is 0. The van der Waals surface area contributed by atoms with Crippen molar-refractivity contribution >= 4 is 0 Å². The molecule has 0 heterocycles. The lowest BCUT2D eigenvalue weighted by molar-refractivity contribution is 0.0823. The maximum absolute atomic E-state index is 5.14. The van der Waals surface area contributed by atoms with E-state index < -0.39 is 0 Å². The number of hydrogen-bond acceptors (Lipinski definition) is 2. The zero-order chi connectivity index (χ0) is 6.41. The van der Waals surface area contributed by atoms with Gasteiger partial charge in [0.15, 0.2) is 0 Å². The van der Waals surface area contributed by atoms with E-state index in [2.05, 4.69) is 5.32 Å². The molecule has 48 valence electrons. The Balaban J connectivity index is 2.72. The molecule has 0 spiro atoms. The molecular weight excluding hydrogens is 102 g/mol. The van der Waals surface area contributed by atoms with E-state index in [1.165, 1.54) is 0 Å². The van der Waals surface area contributed by atoms with Crippen molar-refractivity contribution in [2.24, 2.45) is 0 Å². The molecular formula is C6H13NO. The number of nitrogens with one attached hydrogen (secondary N) is 1. The van der Waals surface area contributed by atoms with Crippen molar-refractivity contribution in [2.45, 2.75) is 20.0 Å². The van der Waals surface area contributed by atoms with Gasteiger partial charge in [-0.2, -0.15) is 0 Å². The maximum atomic E-state index is 5.14. The quantitative estimate of drug-likeness (QED) is 0.429. The van der Waals surface area contributed by atoms with Gasteiger partial charge in [0.1, 0.15) is 0 Å². The summed E-state index contributed by atoms with van der Waals surface area (Å²) in [5.41, 5.74) is 0. The summed E-state index contributed by atoms with van der Waals surface area (Å²) in [5.74, 6) is 0. The van der Waals surface area contributed by atoms with Crippen LogP contribution in [0, 0.1) is 7.05 Å². The summed E-state index contributed by atoms with van der Waals surface area (Å²) in [5, 5.41) is 2.50. The van der Waals surface area contributed by atoms with Gasteiger partial charge in [-0.25, -0.2) is 0 Å². The summed E-state index contributed by atoms with van der Waals surface area (Å²) in [6.07, 6.45) is 0.309. The summed E-state index contributed by atoms with van der Waals surface area (Å²) < 4.78 is 5.14. The van der Waals surface area contributed by atoms with Gasteiger partial charge in [0.05, 0.1) is 12.7 Å². The van der Waals surface area contributed by atoms with Crippen LogP contribution in [0.25, 0.3) is 0 Å². The molecule has 2 radical (unpaired) electrons. The van der Waals surface area contributed by atoms with Crippen molar-refractivity contribution in [2.75, 3.05) is 13.2 Å². The smallest absolute Gasteiger partial charge is 0.0594 e. The van der Waals surface area contributed by atoms with E-state index >= 15 is 0 Å². The van der Waals surface area contributed by atoms with E-state index in [9.17, 15) is 0 Å².